The van der Waals surface area contributed by atoms with Crippen molar-refractivity contribution in [3.05, 3.63) is 42.7 Å². The van der Waals surface area contributed by atoms with E-state index in [1.165, 1.54) is 24.3 Å². The van der Waals surface area contributed by atoms with Crippen molar-refractivity contribution in [1.82, 2.24) is 9.80 Å². The quantitative estimate of drug-likeness (QED) is 0.479. The highest BCUT2D eigenvalue weighted by Crippen LogP contribution is 2.25. The Morgan fingerprint density at radius 3 is 2.52 bits per heavy atom. The maximum absolute atomic E-state index is 12.9. The van der Waals surface area contributed by atoms with E-state index >= 15 is 0 Å². The molecule has 1 aromatic carbocycles. The standard InChI is InChI=1S/C21H31FN2O3/c1-4-14-23(2)15-5-16-26-19-12-8-18(9-13-19)24(3)21(25)27-20-10-6-17(22)7-11-20/h4,6-7,10-11,18-19H,1,5,8-9,12-16H2,2-3H3/t18-,19-. The van der Waals surface area contributed by atoms with Crippen molar-refractivity contribution < 1.29 is 18.7 Å². The number of amides is 1. The predicted molar refractivity (Wildman–Crippen MR) is 104 cm³/mol. The first-order valence-corrected chi connectivity index (χ1v) is 9.61. The highest BCUT2D eigenvalue weighted by atomic mass is 19.1. The van der Waals surface area contributed by atoms with Gasteiger partial charge in [-0.3, -0.25) is 0 Å². The molecule has 0 heterocycles. The van der Waals surface area contributed by atoms with Crippen molar-refractivity contribution in [2.75, 3.05) is 33.8 Å². The lowest BCUT2D eigenvalue weighted by Gasteiger charge is -2.34. The first-order chi connectivity index (χ1) is 13.0. The van der Waals surface area contributed by atoms with Crippen LogP contribution in [0.1, 0.15) is 32.1 Å². The molecule has 0 unspecified atom stereocenters. The summed E-state index contributed by atoms with van der Waals surface area (Å²) in [6.45, 7) is 6.39. The number of likely N-dealkylation sites (N-methyl/N-ethyl adjacent to an activating group) is 1. The van der Waals surface area contributed by atoms with Gasteiger partial charge in [0.1, 0.15) is 11.6 Å². The van der Waals surface area contributed by atoms with E-state index in [-0.39, 0.29) is 18.0 Å². The summed E-state index contributed by atoms with van der Waals surface area (Å²) >= 11 is 0. The number of hydrogen-bond donors (Lipinski definition) is 0. The van der Waals surface area contributed by atoms with E-state index in [9.17, 15) is 9.18 Å². The summed E-state index contributed by atoms with van der Waals surface area (Å²) in [5.41, 5.74) is 0. The monoisotopic (exact) mass is 378 g/mol. The molecule has 0 bridgehead atoms. The molecule has 2 rings (SSSR count). The Bertz CT molecular complexity index is 586. The van der Waals surface area contributed by atoms with Gasteiger partial charge in [0.25, 0.3) is 0 Å². The zero-order chi connectivity index (χ0) is 19.6. The van der Waals surface area contributed by atoms with Gasteiger partial charge >= 0.3 is 6.09 Å². The van der Waals surface area contributed by atoms with Gasteiger partial charge in [-0.25, -0.2) is 9.18 Å². The number of carbonyl (C=O) groups excluding carboxylic acids is 1. The maximum atomic E-state index is 12.9. The normalized spacial score (nSPS) is 19.7. The summed E-state index contributed by atoms with van der Waals surface area (Å²) in [6, 6.07) is 5.62. The highest BCUT2D eigenvalue weighted by molar-refractivity contribution is 5.70. The molecule has 0 radical (unpaired) electrons. The molecule has 1 aliphatic carbocycles. The average Bonchev–Trinajstić information content (AvgIpc) is 2.67. The van der Waals surface area contributed by atoms with Crippen LogP contribution in [0.4, 0.5) is 9.18 Å². The molecule has 150 valence electrons. The zero-order valence-electron chi connectivity index (χ0n) is 16.4. The Hall–Kier alpha value is -1.92. The molecule has 1 aromatic rings. The molecular weight excluding hydrogens is 347 g/mol. The molecule has 1 amide bonds. The van der Waals surface area contributed by atoms with E-state index in [4.69, 9.17) is 9.47 Å². The summed E-state index contributed by atoms with van der Waals surface area (Å²) in [7, 11) is 3.83. The number of carbonyl (C=O) groups is 1. The average molecular weight is 378 g/mol. The lowest BCUT2D eigenvalue weighted by atomic mass is 9.92. The van der Waals surface area contributed by atoms with E-state index in [1.54, 1.807) is 11.9 Å². The second kappa shape index (κ2) is 11.0. The van der Waals surface area contributed by atoms with Crippen LogP contribution in [0.3, 0.4) is 0 Å². The molecule has 27 heavy (non-hydrogen) atoms. The van der Waals surface area contributed by atoms with Crippen molar-refractivity contribution in [2.24, 2.45) is 0 Å². The number of ether oxygens (including phenoxy) is 2. The summed E-state index contributed by atoms with van der Waals surface area (Å²) in [4.78, 5) is 16.1. The fourth-order valence-corrected chi connectivity index (χ4v) is 3.32. The number of benzene rings is 1. The second-order valence-electron chi connectivity index (χ2n) is 7.14. The van der Waals surface area contributed by atoms with Gasteiger partial charge in [-0.05, 0) is 63.4 Å². The van der Waals surface area contributed by atoms with E-state index in [1.807, 2.05) is 6.08 Å². The smallest absolute Gasteiger partial charge is 0.410 e. The number of nitrogens with zero attached hydrogens (tertiary/aromatic N) is 2. The van der Waals surface area contributed by atoms with Gasteiger partial charge in [0.15, 0.2) is 0 Å². The van der Waals surface area contributed by atoms with Crippen molar-refractivity contribution in [1.29, 1.82) is 0 Å². The Morgan fingerprint density at radius 1 is 1.22 bits per heavy atom. The maximum Gasteiger partial charge on any atom is 0.415 e. The van der Waals surface area contributed by atoms with Crippen molar-refractivity contribution in [2.45, 2.75) is 44.2 Å². The molecule has 0 N–H and O–H groups in total. The van der Waals surface area contributed by atoms with Crippen LogP contribution in [0.15, 0.2) is 36.9 Å². The molecule has 6 heteroatoms. The fourth-order valence-electron chi connectivity index (χ4n) is 3.32. The Kier molecular flexibility index (Phi) is 8.75. The van der Waals surface area contributed by atoms with E-state index < -0.39 is 6.09 Å². The fraction of sp³-hybridized carbons (Fsp3) is 0.571. The van der Waals surface area contributed by atoms with Gasteiger partial charge in [-0.2, -0.15) is 0 Å². The molecule has 0 saturated heterocycles. The van der Waals surface area contributed by atoms with Crippen molar-refractivity contribution in [3.63, 3.8) is 0 Å². The molecule has 1 aliphatic rings. The third kappa shape index (κ3) is 7.31. The summed E-state index contributed by atoms with van der Waals surface area (Å²) in [5.74, 6) is 0.000479. The number of hydrogen-bond acceptors (Lipinski definition) is 4. The highest BCUT2D eigenvalue weighted by Gasteiger charge is 2.27. The van der Waals surface area contributed by atoms with Crippen molar-refractivity contribution >= 4 is 6.09 Å². The van der Waals surface area contributed by atoms with Gasteiger partial charge in [0.2, 0.25) is 0 Å². The minimum atomic E-state index is -0.406. The lowest BCUT2D eigenvalue weighted by molar-refractivity contribution is 0.00923. The van der Waals surface area contributed by atoms with Crippen LogP contribution >= 0.6 is 0 Å². The molecular formula is C21H31FN2O3. The van der Waals surface area contributed by atoms with Crippen molar-refractivity contribution in [3.8, 4) is 5.75 Å². The summed E-state index contributed by atoms with van der Waals surface area (Å²) < 4.78 is 24.2. The zero-order valence-corrected chi connectivity index (χ0v) is 16.4. The first-order valence-electron chi connectivity index (χ1n) is 9.61. The van der Waals surface area contributed by atoms with Gasteiger partial charge in [-0.1, -0.05) is 6.08 Å². The lowest BCUT2D eigenvalue weighted by Crippen LogP contribution is -2.42. The number of rotatable bonds is 9. The third-order valence-corrected chi connectivity index (χ3v) is 4.98. The van der Waals surface area contributed by atoms with Gasteiger partial charge in [0.05, 0.1) is 6.10 Å². The predicted octanol–water partition coefficient (Wildman–Crippen LogP) is 4.09. The molecule has 1 fully saturated rings. The largest absolute Gasteiger partial charge is 0.415 e. The topological polar surface area (TPSA) is 42.0 Å². The molecule has 0 aliphatic heterocycles. The van der Waals surface area contributed by atoms with E-state index in [2.05, 4.69) is 18.5 Å². The van der Waals surface area contributed by atoms with E-state index in [0.717, 1.165) is 51.8 Å². The Labute approximate surface area is 161 Å². The SMILES string of the molecule is C=CCN(C)CCCO[C@H]1CC[C@H](N(C)C(=O)Oc2ccc(F)cc2)CC1. The molecule has 1 saturated carbocycles. The second-order valence-corrected chi connectivity index (χ2v) is 7.14. The van der Waals surface area contributed by atoms with Crippen LogP contribution in [-0.2, 0) is 4.74 Å². The van der Waals surface area contributed by atoms with Gasteiger partial charge in [-0.15, -0.1) is 6.58 Å². The van der Waals surface area contributed by atoms with Gasteiger partial charge < -0.3 is 19.3 Å². The molecule has 0 atom stereocenters. The van der Waals surface area contributed by atoms with Crippen LogP contribution in [0, 0.1) is 5.82 Å². The molecule has 5 nitrogen and oxygen atoms in total. The van der Waals surface area contributed by atoms with E-state index in [0.29, 0.717) is 5.75 Å². The van der Waals surface area contributed by atoms with Crippen LogP contribution in [-0.4, -0.2) is 61.8 Å². The Balaban J connectivity index is 1.66. The molecule has 0 spiro atoms. The third-order valence-electron chi connectivity index (χ3n) is 4.98. The first kappa shape index (κ1) is 21.4. The van der Waals surface area contributed by atoms with Crippen LogP contribution < -0.4 is 4.74 Å². The van der Waals surface area contributed by atoms with Crippen LogP contribution in [0.25, 0.3) is 0 Å². The number of halogens is 1. The summed E-state index contributed by atoms with van der Waals surface area (Å²) in [6.07, 6.45) is 6.46. The Morgan fingerprint density at radius 2 is 1.89 bits per heavy atom. The molecule has 0 aromatic heterocycles. The summed E-state index contributed by atoms with van der Waals surface area (Å²) in [5, 5.41) is 0. The minimum Gasteiger partial charge on any atom is -0.410 e. The minimum absolute atomic E-state index is 0.150. The van der Waals surface area contributed by atoms with Crippen LogP contribution in [0.5, 0.6) is 5.75 Å². The van der Waals surface area contributed by atoms with Crippen LogP contribution in [0.2, 0.25) is 0 Å². The van der Waals surface area contributed by atoms with Gasteiger partial charge in [0, 0.05) is 32.8 Å².